The predicted octanol–water partition coefficient (Wildman–Crippen LogP) is 2.00. The lowest BCUT2D eigenvalue weighted by Crippen LogP contribution is -2.23. The lowest BCUT2D eigenvalue weighted by Gasteiger charge is -2.18. The van der Waals surface area contributed by atoms with Crippen molar-refractivity contribution in [2.75, 3.05) is 6.61 Å². The maximum atomic E-state index is 5.78. The number of amidine groups is 1. The monoisotopic (exact) mass is 269 g/mol. The number of ether oxygens (including phenoxy) is 2. The molecular weight excluding hydrogens is 254 g/mol. The zero-order valence-corrected chi connectivity index (χ0v) is 10.9. The van der Waals surface area contributed by atoms with Crippen molar-refractivity contribution in [2.24, 2.45) is 10.7 Å². The molecule has 0 aliphatic carbocycles. The molecule has 0 spiro atoms. The molecule has 0 saturated heterocycles. The standard InChI is InChI=1S/C12H16ClN3O2/c1-2-10(5-9-7-17-12(14)16-9)18-11-4-3-8(13)6-15-11/h3-4,6,9-10H,2,5,7H2,1H3,(H2,14,16). The second-order valence-electron chi connectivity index (χ2n) is 4.13. The molecule has 1 aliphatic heterocycles. The van der Waals surface area contributed by atoms with Gasteiger partial charge in [0.15, 0.2) is 0 Å². The third-order valence-electron chi connectivity index (χ3n) is 2.71. The second-order valence-corrected chi connectivity index (χ2v) is 4.57. The van der Waals surface area contributed by atoms with Gasteiger partial charge in [-0.2, -0.15) is 0 Å². The van der Waals surface area contributed by atoms with Crippen molar-refractivity contribution in [1.82, 2.24) is 4.98 Å². The van der Waals surface area contributed by atoms with E-state index in [4.69, 9.17) is 26.8 Å². The van der Waals surface area contributed by atoms with Crippen LogP contribution in [0.5, 0.6) is 5.88 Å². The Kier molecular flexibility index (Phi) is 4.25. The Morgan fingerprint density at radius 2 is 2.44 bits per heavy atom. The molecule has 1 aromatic heterocycles. The number of pyridine rings is 1. The summed E-state index contributed by atoms with van der Waals surface area (Å²) in [6, 6.07) is 3.85. The van der Waals surface area contributed by atoms with E-state index in [1.54, 1.807) is 18.3 Å². The Hall–Kier alpha value is -1.49. The van der Waals surface area contributed by atoms with Gasteiger partial charge in [0.25, 0.3) is 6.02 Å². The van der Waals surface area contributed by atoms with Crippen LogP contribution in [0.4, 0.5) is 0 Å². The van der Waals surface area contributed by atoms with E-state index in [2.05, 4.69) is 16.9 Å². The van der Waals surface area contributed by atoms with Crippen molar-refractivity contribution in [3.63, 3.8) is 0 Å². The van der Waals surface area contributed by atoms with Crippen LogP contribution >= 0.6 is 11.6 Å². The average molecular weight is 270 g/mol. The van der Waals surface area contributed by atoms with Crippen LogP contribution in [0.3, 0.4) is 0 Å². The Morgan fingerprint density at radius 3 is 3.00 bits per heavy atom. The second kappa shape index (κ2) is 5.91. The Bertz CT molecular complexity index is 422. The van der Waals surface area contributed by atoms with Gasteiger partial charge in [0.2, 0.25) is 5.88 Å². The number of hydrogen-bond acceptors (Lipinski definition) is 5. The summed E-state index contributed by atoms with van der Waals surface area (Å²) in [6.45, 7) is 2.59. The summed E-state index contributed by atoms with van der Waals surface area (Å²) in [5, 5.41) is 0.594. The van der Waals surface area contributed by atoms with E-state index < -0.39 is 0 Å². The van der Waals surface area contributed by atoms with Crippen molar-refractivity contribution in [3.05, 3.63) is 23.4 Å². The van der Waals surface area contributed by atoms with Gasteiger partial charge in [-0.25, -0.2) is 9.98 Å². The van der Waals surface area contributed by atoms with Crippen LogP contribution in [0.2, 0.25) is 5.02 Å². The molecule has 98 valence electrons. The first-order chi connectivity index (χ1) is 8.67. The largest absolute Gasteiger partial charge is 0.474 e. The first kappa shape index (κ1) is 13.0. The number of aliphatic imine (C=N–C) groups is 1. The number of nitrogens with two attached hydrogens (primary N) is 1. The molecule has 18 heavy (non-hydrogen) atoms. The number of halogens is 1. The minimum Gasteiger partial charge on any atom is -0.474 e. The molecule has 5 nitrogen and oxygen atoms in total. The van der Waals surface area contributed by atoms with E-state index >= 15 is 0 Å². The molecule has 0 bridgehead atoms. The van der Waals surface area contributed by atoms with Crippen molar-refractivity contribution >= 4 is 17.6 Å². The van der Waals surface area contributed by atoms with E-state index in [1.807, 2.05) is 0 Å². The van der Waals surface area contributed by atoms with E-state index in [0.717, 1.165) is 12.8 Å². The molecule has 2 heterocycles. The normalized spacial score (nSPS) is 20.1. The first-order valence-electron chi connectivity index (χ1n) is 5.91. The molecule has 0 amide bonds. The highest BCUT2D eigenvalue weighted by atomic mass is 35.5. The summed E-state index contributed by atoms with van der Waals surface area (Å²) in [7, 11) is 0. The van der Waals surface area contributed by atoms with Gasteiger partial charge in [0, 0.05) is 18.7 Å². The smallest absolute Gasteiger partial charge is 0.282 e. The summed E-state index contributed by atoms with van der Waals surface area (Å²) in [4.78, 5) is 8.29. The molecule has 0 saturated carbocycles. The van der Waals surface area contributed by atoms with Crippen LogP contribution in [0.1, 0.15) is 19.8 Å². The minimum absolute atomic E-state index is 0.0434. The van der Waals surface area contributed by atoms with Crippen LogP contribution in [-0.2, 0) is 4.74 Å². The SMILES string of the molecule is CCC(CC1COC(N)=N1)Oc1ccc(Cl)cn1. The van der Waals surface area contributed by atoms with Crippen LogP contribution in [-0.4, -0.2) is 29.8 Å². The van der Waals surface area contributed by atoms with Gasteiger partial charge in [-0.1, -0.05) is 18.5 Å². The molecule has 0 radical (unpaired) electrons. The summed E-state index contributed by atoms with van der Waals surface area (Å²) in [6.07, 6.45) is 3.25. The van der Waals surface area contributed by atoms with Gasteiger partial charge >= 0.3 is 0 Å². The van der Waals surface area contributed by atoms with Crippen LogP contribution in [0.25, 0.3) is 0 Å². The lowest BCUT2D eigenvalue weighted by molar-refractivity contribution is 0.162. The van der Waals surface area contributed by atoms with Gasteiger partial charge in [-0.15, -0.1) is 0 Å². The van der Waals surface area contributed by atoms with Crippen molar-refractivity contribution < 1.29 is 9.47 Å². The fraction of sp³-hybridized carbons (Fsp3) is 0.500. The van der Waals surface area contributed by atoms with Crippen molar-refractivity contribution in [2.45, 2.75) is 31.9 Å². The van der Waals surface area contributed by atoms with Gasteiger partial charge in [-0.05, 0) is 12.5 Å². The van der Waals surface area contributed by atoms with E-state index in [0.29, 0.717) is 17.5 Å². The number of aromatic nitrogens is 1. The molecular formula is C12H16ClN3O2. The highest BCUT2D eigenvalue weighted by Crippen LogP contribution is 2.18. The molecule has 2 atom stereocenters. The molecule has 2 unspecified atom stereocenters. The summed E-state index contributed by atoms with van der Waals surface area (Å²) in [5.74, 6) is 0.571. The van der Waals surface area contributed by atoms with Gasteiger partial charge in [0.1, 0.15) is 12.7 Å². The minimum atomic E-state index is 0.0434. The molecule has 2 rings (SSSR count). The van der Waals surface area contributed by atoms with Crippen LogP contribution in [0.15, 0.2) is 23.3 Å². The molecule has 0 fully saturated rings. The fourth-order valence-corrected chi connectivity index (χ4v) is 1.87. The van der Waals surface area contributed by atoms with E-state index in [1.165, 1.54) is 0 Å². The zero-order valence-electron chi connectivity index (χ0n) is 10.2. The number of hydrogen-bond donors (Lipinski definition) is 1. The number of nitrogens with zero attached hydrogens (tertiary/aromatic N) is 2. The molecule has 0 aromatic carbocycles. The number of rotatable bonds is 5. The average Bonchev–Trinajstić information content (AvgIpc) is 2.77. The van der Waals surface area contributed by atoms with E-state index in [9.17, 15) is 0 Å². The first-order valence-corrected chi connectivity index (χ1v) is 6.29. The Morgan fingerprint density at radius 1 is 1.61 bits per heavy atom. The van der Waals surface area contributed by atoms with Gasteiger partial charge in [0.05, 0.1) is 11.1 Å². The fourth-order valence-electron chi connectivity index (χ4n) is 1.76. The predicted molar refractivity (Wildman–Crippen MR) is 69.9 cm³/mol. The Balaban J connectivity index is 1.91. The summed E-state index contributed by atoms with van der Waals surface area (Å²) in [5.41, 5.74) is 5.47. The molecule has 1 aliphatic rings. The Labute approximate surface area is 111 Å². The quantitative estimate of drug-likeness (QED) is 0.888. The van der Waals surface area contributed by atoms with Crippen molar-refractivity contribution in [1.29, 1.82) is 0 Å². The topological polar surface area (TPSA) is 69.7 Å². The highest BCUT2D eigenvalue weighted by molar-refractivity contribution is 6.30. The molecule has 2 N–H and O–H groups in total. The van der Waals surface area contributed by atoms with Crippen LogP contribution < -0.4 is 10.5 Å². The van der Waals surface area contributed by atoms with Gasteiger partial charge < -0.3 is 15.2 Å². The lowest BCUT2D eigenvalue weighted by atomic mass is 10.1. The van der Waals surface area contributed by atoms with Crippen LogP contribution in [0, 0.1) is 0 Å². The van der Waals surface area contributed by atoms with Crippen molar-refractivity contribution in [3.8, 4) is 5.88 Å². The highest BCUT2D eigenvalue weighted by Gasteiger charge is 2.22. The third-order valence-corrected chi connectivity index (χ3v) is 2.93. The van der Waals surface area contributed by atoms with E-state index in [-0.39, 0.29) is 18.2 Å². The molecule has 6 heteroatoms. The zero-order chi connectivity index (χ0) is 13.0. The summed E-state index contributed by atoms with van der Waals surface area (Å²) >= 11 is 5.77. The summed E-state index contributed by atoms with van der Waals surface area (Å²) < 4.78 is 10.9. The maximum Gasteiger partial charge on any atom is 0.282 e. The third kappa shape index (κ3) is 3.50. The molecule has 1 aromatic rings. The van der Waals surface area contributed by atoms with Gasteiger partial charge in [-0.3, -0.25) is 0 Å². The maximum absolute atomic E-state index is 5.78.